The third-order valence-corrected chi connectivity index (χ3v) is 3.88. The molecule has 134 valence electrons. The van der Waals surface area contributed by atoms with E-state index in [1.807, 2.05) is 19.1 Å². The molecule has 1 aromatic heterocycles. The van der Waals surface area contributed by atoms with Gasteiger partial charge in [0.15, 0.2) is 0 Å². The van der Waals surface area contributed by atoms with Gasteiger partial charge in [-0.15, -0.1) is 0 Å². The predicted molar refractivity (Wildman–Crippen MR) is 92.6 cm³/mol. The monoisotopic (exact) mass is 345 g/mol. The van der Waals surface area contributed by atoms with Crippen LogP contribution < -0.4 is 5.32 Å². The highest BCUT2D eigenvalue weighted by molar-refractivity contribution is 5.87. The van der Waals surface area contributed by atoms with Crippen molar-refractivity contribution in [2.75, 3.05) is 13.7 Å². The van der Waals surface area contributed by atoms with Gasteiger partial charge in [-0.3, -0.25) is 4.79 Å². The van der Waals surface area contributed by atoms with E-state index in [1.165, 1.54) is 0 Å². The molecule has 6 nitrogen and oxygen atoms in total. The molecule has 25 heavy (non-hydrogen) atoms. The lowest BCUT2D eigenvalue weighted by Crippen LogP contribution is -2.31. The molecule has 1 unspecified atom stereocenters. The van der Waals surface area contributed by atoms with Crippen molar-refractivity contribution in [3.63, 3.8) is 0 Å². The largest absolute Gasteiger partial charge is 0.478 e. The van der Waals surface area contributed by atoms with Gasteiger partial charge in [-0.05, 0) is 36.2 Å². The van der Waals surface area contributed by atoms with Crippen LogP contribution in [0.4, 0.5) is 0 Å². The number of carboxylic acids is 1. The Bertz CT molecular complexity index is 705. The summed E-state index contributed by atoms with van der Waals surface area (Å²) in [4.78, 5) is 23.1. The van der Waals surface area contributed by atoms with E-state index < -0.39 is 5.97 Å². The van der Waals surface area contributed by atoms with Gasteiger partial charge in [0.1, 0.15) is 17.6 Å². The summed E-state index contributed by atoms with van der Waals surface area (Å²) in [7, 11) is 1.58. The molecular weight excluding hydrogens is 322 g/mol. The number of hydrogen-bond acceptors (Lipinski definition) is 4. The van der Waals surface area contributed by atoms with Gasteiger partial charge in [-0.2, -0.15) is 0 Å². The maximum absolute atomic E-state index is 12.2. The molecule has 0 saturated carbocycles. The molecule has 0 bridgehead atoms. The quantitative estimate of drug-likeness (QED) is 0.729. The molecule has 0 fully saturated rings. The number of amides is 1. The molecule has 0 saturated heterocycles. The minimum atomic E-state index is -0.961. The smallest absolute Gasteiger partial charge is 0.335 e. The number of methoxy groups -OCH3 is 1. The molecule has 0 spiro atoms. The maximum Gasteiger partial charge on any atom is 0.335 e. The van der Waals surface area contributed by atoms with Crippen LogP contribution in [0.15, 0.2) is 40.8 Å². The van der Waals surface area contributed by atoms with E-state index >= 15 is 0 Å². The average Bonchev–Trinajstić information content (AvgIpc) is 3.09. The molecule has 1 heterocycles. The second-order valence-electron chi connectivity index (χ2n) is 5.74. The van der Waals surface area contributed by atoms with Crippen molar-refractivity contribution >= 4 is 11.9 Å². The van der Waals surface area contributed by atoms with Gasteiger partial charge in [-0.1, -0.05) is 19.1 Å². The molecule has 0 aliphatic carbocycles. The van der Waals surface area contributed by atoms with Gasteiger partial charge in [0.2, 0.25) is 5.91 Å². The van der Waals surface area contributed by atoms with Crippen LogP contribution in [0.2, 0.25) is 0 Å². The number of carbonyl (C=O) groups excluding carboxylic acids is 1. The Labute approximate surface area is 146 Å². The van der Waals surface area contributed by atoms with Crippen LogP contribution in [0.3, 0.4) is 0 Å². The summed E-state index contributed by atoms with van der Waals surface area (Å²) < 4.78 is 10.9. The zero-order valence-corrected chi connectivity index (χ0v) is 14.5. The summed E-state index contributed by atoms with van der Waals surface area (Å²) in [5.41, 5.74) is 1.15. The molecule has 6 heteroatoms. The number of aromatic carboxylic acids is 1. The highest BCUT2D eigenvalue weighted by Crippen LogP contribution is 2.18. The lowest BCUT2D eigenvalue weighted by molar-refractivity contribution is -0.122. The number of rotatable bonds is 9. The molecule has 0 aliphatic heterocycles. The van der Waals surface area contributed by atoms with Crippen LogP contribution in [-0.4, -0.2) is 30.7 Å². The Morgan fingerprint density at radius 2 is 1.92 bits per heavy atom. The van der Waals surface area contributed by atoms with Crippen molar-refractivity contribution in [1.82, 2.24) is 5.32 Å². The van der Waals surface area contributed by atoms with Crippen LogP contribution in [-0.2, 0) is 22.4 Å². The third-order valence-electron chi connectivity index (χ3n) is 3.88. The Kier molecular flexibility index (Phi) is 6.77. The normalized spacial score (nSPS) is 11.9. The standard InChI is InChI=1S/C19H23NO5/c1-3-15-9-10-17(25-15)16(12-24-2)20-18(21)11-6-13-4-7-14(8-5-13)19(22)23/h4-5,7-10,16H,3,6,11-12H2,1-2H3,(H,20,21)(H,22,23). The van der Waals surface area contributed by atoms with E-state index in [2.05, 4.69) is 5.32 Å². The Morgan fingerprint density at radius 1 is 1.20 bits per heavy atom. The van der Waals surface area contributed by atoms with Crippen LogP contribution in [0, 0.1) is 0 Å². The minimum absolute atomic E-state index is 0.112. The summed E-state index contributed by atoms with van der Waals surface area (Å²) in [5, 5.41) is 11.8. The maximum atomic E-state index is 12.2. The first-order chi connectivity index (χ1) is 12.0. The molecule has 1 amide bonds. The number of aryl methyl sites for hydroxylation is 2. The summed E-state index contributed by atoms with van der Waals surface area (Å²) in [6.45, 7) is 2.33. The zero-order chi connectivity index (χ0) is 18.2. The third kappa shape index (κ3) is 5.46. The number of furan rings is 1. The van der Waals surface area contributed by atoms with Crippen molar-refractivity contribution in [3.05, 3.63) is 59.0 Å². The van der Waals surface area contributed by atoms with Crippen molar-refractivity contribution in [1.29, 1.82) is 0 Å². The fourth-order valence-corrected chi connectivity index (χ4v) is 2.47. The van der Waals surface area contributed by atoms with Crippen LogP contribution in [0.25, 0.3) is 0 Å². The Hall–Kier alpha value is -2.60. The molecule has 0 radical (unpaired) electrons. The van der Waals surface area contributed by atoms with E-state index in [1.54, 1.807) is 31.4 Å². The van der Waals surface area contributed by atoms with Gasteiger partial charge >= 0.3 is 5.97 Å². The summed E-state index contributed by atoms with van der Waals surface area (Å²) in [5.74, 6) is 0.470. The molecule has 2 aromatic rings. The molecule has 1 aromatic carbocycles. The topological polar surface area (TPSA) is 88.8 Å². The van der Waals surface area contributed by atoms with Crippen molar-refractivity contribution in [3.8, 4) is 0 Å². The van der Waals surface area contributed by atoms with Gasteiger partial charge < -0.3 is 19.6 Å². The van der Waals surface area contributed by atoms with Crippen LogP contribution in [0.5, 0.6) is 0 Å². The summed E-state index contributed by atoms with van der Waals surface area (Å²) in [6, 6.07) is 9.96. The van der Waals surface area contributed by atoms with Gasteiger partial charge in [0, 0.05) is 20.0 Å². The van der Waals surface area contributed by atoms with Crippen LogP contribution in [0.1, 0.15) is 46.8 Å². The first kappa shape index (κ1) is 18.7. The summed E-state index contributed by atoms with van der Waals surface area (Å²) >= 11 is 0. The second-order valence-corrected chi connectivity index (χ2v) is 5.74. The van der Waals surface area contributed by atoms with E-state index in [0.29, 0.717) is 25.2 Å². The first-order valence-electron chi connectivity index (χ1n) is 8.22. The van der Waals surface area contributed by atoms with Crippen molar-refractivity contribution in [2.45, 2.75) is 32.2 Å². The number of hydrogen-bond donors (Lipinski definition) is 2. The fraction of sp³-hybridized carbons (Fsp3) is 0.368. The lowest BCUT2D eigenvalue weighted by Gasteiger charge is -2.16. The Balaban J connectivity index is 1.91. The average molecular weight is 345 g/mol. The molecule has 1 atom stereocenters. The molecule has 2 N–H and O–H groups in total. The molecular formula is C19H23NO5. The number of carboxylic acid groups (broad SMARTS) is 1. The van der Waals surface area contributed by atoms with Gasteiger partial charge in [-0.25, -0.2) is 4.79 Å². The van der Waals surface area contributed by atoms with E-state index in [4.69, 9.17) is 14.3 Å². The predicted octanol–water partition coefficient (Wildman–Crippen LogP) is 2.98. The molecule has 0 aliphatic rings. The second kappa shape index (κ2) is 9.03. The highest BCUT2D eigenvalue weighted by atomic mass is 16.5. The van der Waals surface area contributed by atoms with Gasteiger partial charge in [0.05, 0.1) is 12.2 Å². The zero-order valence-electron chi connectivity index (χ0n) is 14.5. The number of nitrogens with one attached hydrogen (secondary N) is 1. The fourth-order valence-electron chi connectivity index (χ4n) is 2.47. The van der Waals surface area contributed by atoms with Crippen LogP contribution >= 0.6 is 0 Å². The number of carbonyl (C=O) groups is 2. The van der Waals surface area contributed by atoms with E-state index in [-0.39, 0.29) is 17.5 Å². The first-order valence-corrected chi connectivity index (χ1v) is 8.22. The van der Waals surface area contributed by atoms with Crippen molar-refractivity contribution in [2.24, 2.45) is 0 Å². The lowest BCUT2D eigenvalue weighted by atomic mass is 10.1. The van der Waals surface area contributed by atoms with E-state index in [0.717, 1.165) is 17.7 Å². The van der Waals surface area contributed by atoms with Crippen molar-refractivity contribution < 1.29 is 23.8 Å². The SMILES string of the molecule is CCc1ccc(C(COC)NC(=O)CCc2ccc(C(=O)O)cc2)o1. The summed E-state index contributed by atoms with van der Waals surface area (Å²) in [6.07, 6.45) is 1.62. The highest BCUT2D eigenvalue weighted by Gasteiger charge is 2.18. The van der Waals surface area contributed by atoms with Gasteiger partial charge in [0.25, 0.3) is 0 Å². The number of benzene rings is 1. The number of ether oxygens (including phenoxy) is 1. The minimum Gasteiger partial charge on any atom is -0.478 e. The van der Waals surface area contributed by atoms with E-state index in [9.17, 15) is 9.59 Å². The molecule has 2 rings (SSSR count). The Morgan fingerprint density at radius 3 is 2.48 bits per heavy atom.